The van der Waals surface area contributed by atoms with E-state index in [4.69, 9.17) is 4.74 Å². The molecule has 1 aliphatic heterocycles. The first-order valence-corrected chi connectivity index (χ1v) is 8.40. The van der Waals surface area contributed by atoms with Gasteiger partial charge >= 0.3 is 12.0 Å². The Morgan fingerprint density at radius 2 is 1.88 bits per heavy atom. The number of hydrogen-bond donors (Lipinski definition) is 1. The molecule has 1 aromatic rings. The zero-order valence-electron chi connectivity index (χ0n) is 15.2. The molecule has 0 aliphatic carbocycles. The van der Waals surface area contributed by atoms with Crippen LogP contribution in [0.15, 0.2) is 24.3 Å². The number of carbonyl (C=O) groups is 4. The predicted octanol–water partition coefficient (Wildman–Crippen LogP) is 1.54. The fraction of sp³-hybridized carbons (Fsp3) is 0.444. The summed E-state index contributed by atoms with van der Waals surface area (Å²) < 4.78 is 5.10. The second kappa shape index (κ2) is 8.46. The highest BCUT2D eigenvalue weighted by Gasteiger charge is 2.33. The molecule has 0 bridgehead atoms. The standard InChI is InChI=1S/C18H23N3O5/c1-12-6-8-14(9-7-12)19-17(24)13(2)26-16(23)5-4-10-21-15(22)11-20(3)18(21)25/h6-9,13H,4-5,10-11H2,1-3H3,(H,19,24)/t13-/m0/s1. The van der Waals surface area contributed by atoms with E-state index in [9.17, 15) is 19.2 Å². The predicted molar refractivity (Wildman–Crippen MR) is 94.3 cm³/mol. The van der Waals surface area contributed by atoms with Crippen LogP contribution in [0.1, 0.15) is 25.3 Å². The van der Waals surface area contributed by atoms with Gasteiger partial charge in [-0.15, -0.1) is 0 Å². The molecule has 140 valence electrons. The summed E-state index contributed by atoms with van der Waals surface area (Å²) in [5, 5.41) is 2.67. The van der Waals surface area contributed by atoms with Crippen molar-refractivity contribution in [2.24, 2.45) is 0 Å². The summed E-state index contributed by atoms with van der Waals surface area (Å²) in [4.78, 5) is 49.7. The zero-order valence-corrected chi connectivity index (χ0v) is 15.2. The Morgan fingerprint density at radius 1 is 1.23 bits per heavy atom. The summed E-state index contributed by atoms with van der Waals surface area (Å²) in [5.74, 6) is -1.26. The quantitative estimate of drug-likeness (QED) is 0.587. The van der Waals surface area contributed by atoms with Gasteiger partial charge in [0.05, 0.1) is 0 Å². The smallest absolute Gasteiger partial charge is 0.326 e. The van der Waals surface area contributed by atoms with Gasteiger partial charge in [0.2, 0.25) is 5.91 Å². The number of likely N-dealkylation sites (N-methyl/N-ethyl adjacent to an activating group) is 1. The average Bonchev–Trinajstić information content (AvgIpc) is 2.83. The zero-order chi connectivity index (χ0) is 19.3. The molecule has 0 saturated carbocycles. The third kappa shape index (κ3) is 5.05. The number of amides is 4. The fourth-order valence-electron chi connectivity index (χ4n) is 2.46. The number of rotatable bonds is 7. The number of nitrogens with zero attached hydrogens (tertiary/aromatic N) is 2. The lowest BCUT2D eigenvalue weighted by Crippen LogP contribution is -2.33. The number of carbonyl (C=O) groups excluding carboxylic acids is 4. The monoisotopic (exact) mass is 361 g/mol. The van der Waals surface area contributed by atoms with Crippen LogP contribution in [0.5, 0.6) is 0 Å². The van der Waals surface area contributed by atoms with Gasteiger partial charge in [-0.1, -0.05) is 17.7 Å². The lowest BCUT2D eigenvalue weighted by atomic mass is 10.2. The summed E-state index contributed by atoms with van der Waals surface area (Å²) in [6.45, 7) is 3.64. The number of nitrogens with one attached hydrogen (secondary N) is 1. The molecule has 0 aromatic heterocycles. The van der Waals surface area contributed by atoms with E-state index in [0.29, 0.717) is 5.69 Å². The van der Waals surface area contributed by atoms with Gasteiger partial charge in [-0.05, 0) is 32.4 Å². The maximum absolute atomic E-state index is 12.0. The summed E-state index contributed by atoms with van der Waals surface area (Å²) in [5.41, 5.74) is 1.70. The van der Waals surface area contributed by atoms with Crippen LogP contribution < -0.4 is 5.32 Å². The van der Waals surface area contributed by atoms with Crippen LogP contribution in [0.25, 0.3) is 0 Å². The van der Waals surface area contributed by atoms with Gasteiger partial charge < -0.3 is 15.0 Å². The van der Waals surface area contributed by atoms with E-state index in [0.717, 1.165) is 10.5 Å². The summed E-state index contributed by atoms with van der Waals surface area (Å²) in [7, 11) is 1.54. The van der Waals surface area contributed by atoms with Crippen LogP contribution in [0.2, 0.25) is 0 Å². The molecule has 26 heavy (non-hydrogen) atoms. The van der Waals surface area contributed by atoms with E-state index in [2.05, 4.69) is 5.32 Å². The molecule has 0 radical (unpaired) electrons. The molecule has 1 aliphatic rings. The normalized spacial score (nSPS) is 15.2. The largest absolute Gasteiger partial charge is 0.453 e. The summed E-state index contributed by atoms with van der Waals surface area (Å²) in [6, 6.07) is 6.90. The minimum absolute atomic E-state index is 0.0168. The van der Waals surface area contributed by atoms with Crippen molar-refractivity contribution < 1.29 is 23.9 Å². The number of hydrogen-bond acceptors (Lipinski definition) is 5. The molecule has 8 nitrogen and oxygen atoms in total. The van der Waals surface area contributed by atoms with Crippen LogP contribution in [-0.2, 0) is 19.1 Å². The highest BCUT2D eigenvalue weighted by atomic mass is 16.5. The van der Waals surface area contributed by atoms with Crippen LogP contribution in [-0.4, -0.2) is 59.9 Å². The third-order valence-corrected chi connectivity index (χ3v) is 3.99. The van der Waals surface area contributed by atoms with Crippen molar-refractivity contribution in [3.63, 3.8) is 0 Å². The lowest BCUT2D eigenvalue weighted by molar-refractivity contribution is -0.153. The van der Waals surface area contributed by atoms with E-state index >= 15 is 0 Å². The van der Waals surface area contributed by atoms with Crippen LogP contribution in [0.4, 0.5) is 10.5 Å². The molecule has 8 heteroatoms. The number of imide groups is 1. The summed E-state index contributed by atoms with van der Waals surface area (Å²) in [6.07, 6.45) is -0.635. The molecular formula is C18H23N3O5. The molecule has 1 N–H and O–H groups in total. The Labute approximate surface area is 152 Å². The van der Waals surface area contributed by atoms with Crippen molar-refractivity contribution in [1.82, 2.24) is 9.80 Å². The van der Waals surface area contributed by atoms with Gasteiger partial charge in [0.15, 0.2) is 6.10 Å². The molecule has 1 fully saturated rings. The van der Waals surface area contributed by atoms with Crippen LogP contribution in [0, 0.1) is 6.92 Å². The Hall–Kier alpha value is -2.90. The number of esters is 1. The molecule has 0 spiro atoms. The first-order valence-electron chi connectivity index (χ1n) is 8.40. The van der Waals surface area contributed by atoms with Crippen molar-refractivity contribution in [2.45, 2.75) is 32.8 Å². The second-order valence-electron chi connectivity index (χ2n) is 6.27. The minimum Gasteiger partial charge on any atom is -0.453 e. The number of aryl methyl sites for hydroxylation is 1. The molecule has 1 aromatic carbocycles. The Morgan fingerprint density at radius 3 is 2.46 bits per heavy atom. The maximum Gasteiger partial charge on any atom is 0.326 e. The van der Waals surface area contributed by atoms with Gasteiger partial charge in [-0.2, -0.15) is 0 Å². The molecular weight excluding hydrogens is 338 g/mol. The summed E-state index contributed by atoms with van der Waals surface area (Å²) >= 11 is 0. The van der Waals surface area contributed by atoms with Crippen LogP contribution in [0.3, 0.4) is 0 Å². The first kappa shape index (κ1) is 19.4. The molecule has 1 saturated heterocycles. The molecule has 1 atom stereocenters. The lowest BCUT2D eigenvalue weighted by Gasteiger charge is -2.15. The van der Waals surface area contributed by atoms with Gasteiger partial charge in [-0.25, -0.2) is 4.79 Å². The minimum atomic E-state index is -0.940. The number of urea groups is 1. The van der Waals surface area contributed by atoms with Gasteiger partial charge in [0.25, 0.3) is 5.91 Å². The highest BCUT2D eigenvalue weighted by molar-refractivity contribution is 6.01. The van der Waals surface area contributed by atoms with E-state index in [1.807, 2.05) is 19.1 Å². The topological polar surface area (TPSA) is 96.0 Å². The van der Waals surface area contributed by atoms with Crippen molar-refractivity contribution in [3.8, 4) is 0 Å². The molecule has 0 unspecified atom stereocenters. The highest BCUT2D eigenvalue weighted by Crippen LogP contribution is 2.11. The fourth-order valence-corrected chi connectivity index (χ4v) is 2.46. The number of ether oxygens (including phenoxy) is 1. The van der Waals surface area contributed by atoms with Crippen molar-refractivity contribution >= 4 is 29.5 Å². The Balaban J connectivity index is 1.73. The SMILES string of the molecule is Cc1ccc(NC(=O)[C@H](C)OC(=O)CCCN2C(=O)CN(C)C2=O)cc1. The van der Waals surface area contributed by atoms with Crippen molar-refractivity contribution in [3.05, 3.63) is 29.8 Å². The van der Waals surface area contributed by atoms with E-state index in [1.165, 1.54) is 11.8 Å². The Kier molecular flexibility index (Phi) is 6.32. The maximum atomic E-state index is 12.0. The van der Waals surface area contributed by atoms with Gasteiger partial charge in [-0.3, -0.25) is 19.3 Å². The van der Waals surface area contributed by atoms with Gasteiger partial charge in [0, 0.05) is 25.7 Å². The molecule has 1 heterocycles. The third-order valence-electron chi connectivity index (χ3n) is 3.99. The molecule has 2 rings (SSSR count). The number of anilines is 1. The van der Waals surface area contributed by atoms with Gasteiger partial charge in [0.1, 0.15) is 6.54 Å². The Bertz CT molecular complexity index is 701. The average molecular weight is 361 g/mol. The molecule has 4 amide bonds. The second-order valence-corrected chi connectivity index (χ2v) is 6.27. The first-order chi connectivity index (χ1) is 12.3. The van der Waals surface area contributed by atoms with E-state index in [1.54, 1.807) is 19.2 Å². The van der Waals surface area contributed by atoms with E-state index in [-0.39, 0.29) is 37.9 Å². The number of benzene rings is 1. The van der Waals surface area contributed by atoms with Crippen LogP contribution >= 0.6 is 0 Å². The van der Waals surface area contributed by atoms with E-state index < -0.39 is 18.0 Å². The van der Waals surface area contributed by atoms with Crippen molar-refractivity contribution in [2.75, 3.05) is 25.5 Å². The van der Waals surface area contributed by atoms with Crippen molar-refractivity contribution in [1.29, 1.82) is 0 Å².